The third-order valence-corrected chi connectivity index (χ3v) is 2.92. The first-order chi connectivity index (χ1) is 6.61. The summed E-state index contributed by atoms with van der Waals surface area (Å²) >= 11 is 0. The second kappa shape index (κ2) is 3.24. The van der Waals surface area contributed by atoms with Crippen molar-refractivity contribution >= 4 is 5.69 Å². The molecule has 0 spiro atoms. The van der Waals surface area contributed by atoms with Gasteiger partial charge in [0.15, 0.2) is 0 Å². The Hall–Kier alpha value is -1.09. The second-order valence-corrected chi connectivity index (χ2v) is 4.02. The van der Waals surface area contributed by atoms with Crippen molar-refractivity contribution < 1.29 is 4.39 Å². The van der Waals surface area contributed by atoms with Gasteiger partial charge in [-0.1, -0.05) is 6.07 Å². The van der Waals surface area contributed by atoms with E-state index in [0.717, 1.165) is 17.8 Å². The van der Waals surface area contributed by atoms with Gasteiger partial charge in [-0.3, -0.25) is 0 Å². The highest BCUT2D eigenvalue weighted by molar-refractivity contribution is 5.60. The molecule has 1 aliphatic heterocycles. The van der Waals surface area contributed by atoms with Crippen molar-refractivity contribution in [2.24, 2.45) is 5.73 Å². The van der Waals surface area contributed by atoms with E-state index in [0.29, 0.717) is 0 Å². The number of hydrogen-bond acceptors (Lipinski definition) is 2. The highest BCUT2D eigenvalue weighted by Crippen LogP contribution is 2.38. The maximum Gasteiger partial charge on any atom is 0.128 e. The monoisotopic (exact) mass is 194 g/mol. The van der Waals surface area contributed by atoms with Gasteiger partial charge in [-0.25, -0.2) is 4.39 Å². The Bertz CT molecular complexity index is 349. The summed E-state index contributed by atoms with van der Waals surface area (Å²) in [6.07, 6.45) is 0. The minimum atomic E-state index is -0.130. The van der Waals surface area contributed by atoms with E-state index in [2.05, 4.69) is 4.90 Å². The number of fused-ring (bicyclic) bond motifs is 1. The molecule has 14 heavy (non-hydrogen) atoms. The van der Waals surface area contributed by atoms with Crippen LogP contribution in [0.15, 0.2) is 18.2 Å². The number of halogens is 1. The van der Waals surface area contributed by atoms with Crippen LogP contribution in [0.4, 0.5) is 10.1 Å². The van der Waals surface area contributed by atoms with E-state index in [9.17, 15) is 4.39 Å². The van der Waals surface area contributed by atoms with Crippen LogP contribution in [0, 0.1) is 5.82 Å². The molecule has 1 aliphatic rings. The van der Waals surface area contributed by atoms with Gasteiger partial charge in [-0.05, 0) is 19.1 Å². The van der Waals surface area contributed by atoms with E-state index in [1.165, 1.54) is 6.07 Å². The molecule has 2 atom stereocenters. The van der Waals surface area contributed by atoms with Crippen molar-refractivity contribution in [1.82, 2.24) is 0 Å². The molecule has 1 aromatic rings. The Labute approximate surface area is 83.5 Å². The van der Waals surface area contributed by atoms with Crippen LogP contribution < -0.4 is 10.6 Å². The van der Waals surface area contributed by atoms with Crippen molar-refractivity contribution in [2.75, 3.05) is 18.5 Å². The fourth-order valence-electron chi connectivity index (χ4n) is 2.14. The summed E-state index contributed by atoms with van der Waals surface area (Å²) in [4.78, 5) is 2.06. The minimum absolute atomic E-state index is 0.00407. The van der Waals surface area contributed by atoms with Gasteiger partial charge < -0.3 is 10.6 Å². The summed E-state index contributed by atoms with van der Waals surface area (Å²) in [5, 5.41) is 0. The standard InChI is InChI=1S/C11H15FN2/c1-7(13)8-6-14(2)10-5-3-4-9(12)11(8)10/h3-5,7-8H,6,13H2,1-2H3. The van der Waals surface area contributed by atoms with E-state index in [4.69, 9.17) is 5.73 Å². The molecule has 0 saturated carbocycles. The van der Waals surface area contributed by atoms with Crippen LogP contribution in [0.5, 0.6) is 0 Å². The van der Waals surface area contributed by atoms with Crippen LogP contribution in [-0.4, -0.2) is 19.6 Å². The van der Waals surface area contributed by atoms with Gasteiger partial charge in [0, 0.05) is 36.8 Å². The van der Waals surface area contributed by atoms with Gasteiger partial charge in [0.25, 0.3) is 0 Å². The number of hydrogen-bond donors (Lipinski definition) is 1. The lowest BCUT2D eigenvalue weighted by atomic mass is 9.95. The zero-order valence-electron chi connectivity index (χ0n) is 8.50. The molecule has 3 heteroatoms. The van der Waals surface area contributed by atoms with Crippen molar-refractivity contribution in [1.29, 1.82) is 0 Å². The highest BCUT2D eigenvalue weighted by atomic mass is 19.1. The molecule has 2 N–H and O–H groups in total. The molecule has 2 rings (SSSR count). The second-order valence-electron chi connectivity index (χ2n) is 4.02. The molecule has 0 saturated heterocycles. The SMILES string of the molecule is CC(N)C1CN(C)c2cccc(F)c21. The largest absolute Gasteiger partial charge is 0.374 e. The van der Waals surface area contributed by atoms with Crippen LogP contribution >= 0.6 is 0 Å². The maximum absolute atomic E-state index is 13.6. The Balaban J connectivity index is 2.51. The topological polar surface area (TPSA) is 29.3 Å². The summed E-state index contributed by atoms with van der Waals surface area (Å²) < 4.78 is 13.6. The van der Waals surface area contributed by atoms with Crippen LogP contribution in [-0.2, 0) is 0 Å². The molecule has 1 heterocycles. The lowest BCUT2D eigenvalue weighted by molar-refractivity contribution is 0.548. The normalized spacial score (nSPS) is 22.3. The lowest BCUT2D eigenvalue weighted by Crippen LogP contribution is -2.28. The molecule has 0 aliphatic carbocycles. The zero-order chi connectivity index (χ0) is 10.3. The van der Waals surface area contributed by atoms with Crippen molar-refractivity contribution in [3.63, 3.8) is 0 Å². The summed E-state index contributed by atoms with van der Waals surface area (Å²) in [6.45, 7) is 2.74. The first-order valence-electron chi connectivity index (χ1n) is 4.86. The highest BCUT2D eigenvalue weighted by Gasteiger charge is 2.31. The van der Waals surface area contributed by atoms with Gasteiger partial charge in [0.05, 0.1) is 0 Å². The lowest BCUT2D eigenvalue weighted by Gasteiger charge is -2.15. The summed E-state index contributed by atoms with van der Waals surface area (Å²) in [5.74, 6) is -0.00894. The predicted molar refractivity (Wildman–Crippen MR) is 56.1 cm³/mol. The Morgan fingerprint density at radius 2 is 2.29 bits per heavy atom. The number of likely N-dealkylation sites (N-methyl/N-ethyl adjacent to an activating group) is 1. The van der Waals surface area contributed by atoms with Crippen LogP contribution in [0.25, 0.3) is 0 Å². The molecule has 0 aromatic heterocycles. The fourth-order valence-corrected chi connectivity index (χ4v) is 2.14. The van der Waals surface area contributed by atoms with Crippen LogP contribution in [0.2, 0.25) is 0 Å². The van der Waals surface area contributed by atoms with E-state index in [1.54, 1.807) is 6.07 Å². The molecule has 0 bridgehead atoms. The van der Waals surface area contributed by atoms with Crippen LogP contribution in [0.1, 0.15) is 18.4 Å². The Morgan fingerprint density at radius 1 is 1.57 bits per heavy atom. The molecule has 0 radical (unpaired) electrons. The van der Waals surface area contributed by atoms with E-state index in [-0.39, 0.29) is 17.8 Å². The van der Waals surface area contributed by atoms with Gasteiger partial charge in [-0.2, -0.15) is 0 Å². The molecule has 0 fully saturated rings. The van der Waals surface area contributed by atoms with Gasteiger partial charge >= 0.3 is 0 Å². The average Bonchev–Trinajstić information content (AvgIpc) is 2.46. The molecule has 2 nitrogen and oxygen atoms in total. The zero-order valence-corrected chi connectivity index (χ0v) is 8.50. The number of nitrogens with two attached hydrogens (primary N) is 1. The van der Waals surface area contributed by atoms with Gasteiger partial charge in [-0.15, -0.1) is 0 Å². The molecular weight excluding hydrogens is 179 g/mol. The minimum Gasteiger partial charge on any atom is -0.374 e. The van der Waals surface area contributed by atoms with Crippen molar-refractivity contribution in [3.8, 4) is 0 Å². The van der Waals surface area contributed by atoms with E-state index >= 15 is 0 Å². The fraction of sp³-hybridized carbons (Fsp3) is 0.455. The third-order valence-electron chi connectivity index (χ3n) is 2.92. The number of nitrogens with zero attached hydrogens (tertiary/aromatic N) is 1. The molecule has 2 unspecified atom stereocenters. The predicted octanol–water partition coefficient (Wildman–Crippen LogP) is 1.71. The number of benzene rings is 1. The van der Waals surface area contributed by atoms with E-state index in [1.807, 2.05) is 20.0 Å². The first-order valence-corrected chi connectivity index (χ1v) is 4.86. The van der Waals surface area contributed by atoms with Crippen molar-refractivity contribution in [3.05, 3.63) is 29.6 Å². The van der Waals surface area contributed by atoms with Crippen LogP contribution in [0.3, 0.4) is 0 Å². The summed E-state index contributed by atoms with van der Waals surface area (Å²) in [6, 6.07) is 5.19. The quantitative estimate of drug-likeness (QED) is 0.737. The third kappa shape index (κ3) is 1.28. The van der Waals surface area contributed by atoms with Gasteiger partial charge in [0.2, 0.25) is 0 Å². The smallest absolute Gasteiger partial charge is 0.128 e. The Kier molecular flexibility index (Phi) is 2.19. The molecular formula is C11H15FN2. The van der Waals surface area contributed by atoms with E-state index < -0.39 is 0 Å². The summed E-state index contributed by atoms with van der Waals surface area (Å²) in [5.41, 5.74) is 7.61. The molecule has 1 aromatic carbocycles. The van der Waals surface area contributed by atoms with Crippen molar-refractivity contribution in [2.45, 2.75) is 18.9 Å². The maximum atomic E-state index is 13.6. The molecule has 0 amide bonds. The number of anilines is 1. The first kappa shape index (κ1) is 9.46. The number of rotatable bonds is 1. The summed E-state index contributed by atoms with van der Waals surface area (Å²) in [7, 11) is 1.97. The Morgan fingerprint density at radius 3 is 2.93 bits per heavy atom. The van der Waals surface area contributed by atoms with Gasteiger partial charge in [0.1, 0.15) is 5.82 Å². The molecule has 76 valence electrons. The average molecular weight is 194 g/mol.